The minimum atomic E-state index is -0.215. The van der Waals surface area contributed by atoms with Gasteiger partial charge in [-0.3, -0.25) is 4.79 Å². The van der Waals surface area contributed by atoms with Crippen LogP contribution in [-0.2, 0) is 0 Å². The molecule has 0 saturated heterocycles. The Bertz CT molecular complexity index is 502. The lowest BCUT2D eigenvalue weighted by Crippen LogP contribution is -2.13. The molecule has 2 aromatic rings. The van der Waals surface area contributed by atoms with Crippen LogP contribution in [0.1, 0.15) is 10.4 Å². The van der Waals surface area contributed by atoms with Crippen molar-refractivity contribution in [2.24, 2.45) is 0 Å². The Hall–Kier alpha value is -1.75. The molecule has 0 aliphatic heterocycles. The van der Waals surface area contributed by atoms with Crippen LogP contribution in [0, 0.1) is 0 Å². The highest BCUT2D eigenvalue weighted by Crippen LogP contribution is 2.16. The van der Waals surface area contributed by atoms with E-state index >= 15 is 0 Å². The largest absolute Gasteiger partial charge is 0.305 e. The standard InChI is InChI=1S/C11H8BrN3O/c12-9-5-2-1-4-8(9)11(16)14-10-6-3-7-13-15-10/h1-7H,(H,14,15,16). The molecular weight excluding hydrogens is 270 g/mol. The number of nitrogens with zero attached hydrogens (tertiary/aromatic N) is 2. The maximum absolute atomic E-state index is 11.8. The molecule has 0 radical (unpaired) electrons. The van der Waals surface area contributed by atoms with Crippen molar-refractivity contribution in [2.75, 3.05) is 5.32 Å². The topological polar surface area (TPSA) is 54.9 Å². The molecule has 2 rings (SSSR count). The van der Waals surface area contributed by atoms with Crippen LogP contribution < -0.4 is 5.32 Å². The normalized spacial score (nSPS) is 9.81. The molecule has 0 saturated carbocycles. The number of halogens is 1. The summed E-state index contributed by atoms with van der Waals surface area (Å²) >= 11 is 3.31. The molecule has 0 aliphatic rings. The average Bonchev–Trinajstić information content (AvgIpc) is 2.31. The van der Waals surface area contributed by atoms with Gasteiger partial charge in [-0.1, -0.05) is 12.1 Å². The SMILES string of the molecule is O=C(Nc1cccnn1)c1ccccc1Br. The van der Waals surface area contributed by atoms with Gasteiger partial charge < -0.3 is 5.32 Å². The van der Waals surface area contributed by atoms with E-state index in [1.807, 2.05) is 12.1 Å². The summed E-state index contributed by atoms with van der Waals surface area (Å²) < 4.78 is 0.747. The number of amides is 1. The van der Waals surface area contributed by atoms with E-state index < -0.39 is 0 Å². The minimum absolute atomic E-state index is 0.215. The van der Waals surface area contributed by atoms with Crippen LogP contribution in [0.3, 0.4) is 0 Å². The Kier molecular flexibility index (Phi) is 3.26. The first-order valence-electron chi connectivity index (χ1n) is 4.61. The fraction of sp³-hybridized carbons (Fsp3) is 0. The second kappa shape index (κ2) is 4.85. The molecule has 0 atom stereocenters. The fourth-order valence-corrected chi connectivity index (χ4v) is 1.66. The summed E-state index contributed by atoms with van der Waals surface area (Å²) in [6.07, 6.45) is 1.55. The van der Waals surface area contributed by atoms with Crippen molar-refractivity contribution in [3.63, 3.8) is 0 Å². The molecule has 1 amide bonds. The van der Waals surface area contributed by atoms with Crippen LogP contribution in [0.5, 0.6) is 0 Å². The third-order valence-corrected chi connectivity index (χ3v) is 2.62. The maximum Gasteiger partial charge on any atom is 0.258 e. The smallest absolute Gasteiger partial charge is 0.258 e. The number of anilines is 1. The van der Waals surface area contributed by atoms with E-state index in [1.54, 1.807) is 30.5 Å². The molecule has 0 spiro atoms. The number of aromatic nitrogens is 2. The van der Waals surface area contributed by atoms with E-state index in [4.69, 9.17) is 0 Å². The van der Waals surface area contributed by atoms with Crippen molar-refractivity contribution in [3.05, 3.63) is 52.6 Å². The van der Waals surface area contributed by atoms with Gasteiger partial charge in [-0.2, -0.15) is 5.10 Å². The molecule has 0 fully saturated rings. The molecular formula is C11H8BrN3O. The van der Waals surface area contributed by atoms with Crippen molar-refractivity contribution in [1.29, 1.82) is 0 Å². The highest BCUT2D eigenvalue weighted by molar-refractivity contribution is 9.10. The molecule has 80 valence electrons. The van der Waals surface area contributed by atoms with Crippen molar-refractivity contribution < 1.29 is 4.79 Å². The Morgan fingerprint density at radius 1 is 1.19 bits per heavy atom. The number of nitrogens with one attached hydrogen (secondary N) is 1. The van der Waals surface area contributed by atoms with Gasteiger partial charge in [-0.05, 0) is 40.2 Å². The lowest BCUT2D eigenvalue weighted by molar-refractivity contribution is 0.102. The van der Waals surface area contributed by atoms with Gasteiger partial charge in [0, 0.05) is 10.7 Å². The highest BCUT2D eigenvalue weighted by Gasteiger charge is 2.09. The molecule has 5 heteroatoms. The first-order chi connectivity index (χ1) is 7.77. The quantitative estimate of drug-likeness (QED) is 0.918. The first-order valence-corrected chi connectivity index (χ1v) is 5.40. The zero-order chi connectivity index (χ0) is 11.4. The zero-order valence-electron chi connectivity index (χ0n) is 8.22. The van der Waals surface area contributed by atoms with Gasteiger partial charge >= 0.3 is 0 Å². The molecule has 0 aliphatic carbocycles. The van der Waals surface area contributed by atoms with Crippen LogP contribution in [0.2, 0.25) is 0 Å². The Morgan fingerprint density at radius 3 is 2.69 bits per heavy atom. The summed E-state index contributed by atoms with van der Waals surface area (Å²) in [5.41, 5.74) is 0.563. The lowest BCUT2D eigenvalue weighted by atomic mass is 10.2. The van der Waals surface area contributed by atoms with Crippen LogP contribution in [0.25, 0.3) is 0 Å². The van der Waals surface area contributed by atoms with E-state index in [9.17, 15) is 4.79 Å². The molecule has 1 N–H and O–H groups in total. The van der Waals surface area contributed by atoms with Gasteiger partial charge in [0.15, 0.2) is 5.82 Å². The summed E-state index contributed by atoms with van der Waals surface area (Å²) in [4.78, 5) is 11.8. The van der Waals surface area contributed by atoms with Crippen LogP contribution in [-0.4, -0.2) is 16.1 Å². The Balaban J connectivity index is 2.19. The molecule has 16 heavy (non-hydrogen) atoms. The molecule has 0 bridgehead atoms. The highest BCUT2D eigenvalue weighted by atomic mass is 79.9. The van der Waals surface area contributed by atoms with Gasteiger partial charge in [0.05, 0.1) is 5.56 Å². The first kappa shape index (κ1) is 10.8. The lowest BCUT2D eigenvalue weighted by Gasteiger charge is -2.04. The molecule has 1 aromatic carbocycles. The maximum atomic E-state index is 11.8. The number of rotatable bonds is 2. The van der Waals surface area contributed by atoms with Crippen LogP contribution >= 0.6 is 15.9 Å². The number of hydrogen-bond acceptors (Lipinski definition) is 3. The van der Waals surface area contributed by atoms with Crippen LogP contribution in [0.15, 0.2) is 47.1 Å². The Labute approximate surface area is 101 Å². The molecule has 1 heterocycles. The summed E-state index contributed by atoms with van der Waals surface area (Å²) in [5, 5.41) is 10.1. The number of carbonyl (C=O) groups is 1. The van der Waals surface area contributed by atoms with Crippen molar-refractivity contribution >= 4 is 27.7 Å². The third kappa shape index (κ3) is 2.43. The van der Waals surface area contributed by atoms with E-state index in [2.05, 4.69) is 31.4 Å². The van der Waals surface area contributed by atoms with Crippen molar-refractivity contribution in [2.45, 2.75) is 0 Å². The van der Waals surface area contributed by atoms with E-state index in [0.29, 0.717) is 11.4 Å². The van der Waals surface area contributed by atoms with Gasteiger partial charge in [0.1, 0.15) is 0 Å². The fourth-order valence-electron chi connectivity index (χ4n) is 1.20. The number of hydrogen-bond donors (Lipinski definition) is 1. The summed E-state index contributed by atoms with van der Waals surface area (Å²) in [6.45, 7) is 0. The second-order valence-corrected chi connectivity index (χ2v) is 3.90. The monoisotopic (exact) mass is 277 g/mol. The van der Waals surface area contributed by atoms with Gasteiger partial charge in [-0.15, -0.1) is 5.10 Å². The van der Waals surface area contributed by atoms with Crippen LogP contribution in [0.4, 0.5) is 5.82 Å². The third-order valence-electron chi connectivity index (χ3n) is 1.93. The average molecular weight is 278 g/mol. The summed E-state index contributed by atoms with van der Waals surface area (Å²) in [7, 11) is 0. The molecule has 4 nitrogen and oxygen atoms in total. The summed E-state index contributed by atoms with van der Waals surface area (Å²) in [5.74, 6) is 0.219. The summed E-state index contributed by atoms with van der Waals surface area (Å²) in [6, 6.07) is 10.6. The molecule has 0 unspecified atom stereocenters. The van der Waals surface area contributed by atoms with Crippen molar-refractivity contribution in [1.82, 2.24) is 10.2 Å². The van der Waals surface area contributed by atoms with Gasteiger partial charge in [0.2, 0.25) is 0 Å². The van der Waals surface area contributed by atoms with Gasteiger partial charge in [-0.25, -0.2) is 0 Å². The van der Waals surface area contributed by atoms with Crippen molar-refractivity contribution in [3.8, 4) is 0 Å². The van der Waals surface area contributed by atoms with Gasteiger partial charge in [0.25, 0.3) is 5.91 Å². The predicted octanol–water partition coefficient (Wildman–Crippen LogP) is 2.49. The molecule has 1 aromatic heterocycles. The minimum Gasteiger partial charge on any atom is -0.305 e. The van der Waals surface area contributed by atoms with E-state index in [-0.39, 0.29) is 5.91 Å². The van der Waals surface area contributed by atoms with E-state index in [1.165, 1.54) is 0 Å². The Morgan fingerprint density at radius 2 is 2.00 bits per heavy atom. The number of carbonyl (C=O) groups excluding carboxylic acids is 1. The second-order valence-electron chi connectivity index (χ2n) is 3.04. The number of benzene rings is 1. The van der Waals surface area contributed by atoms with E-state index in [0.717, 1.165) is 4.47 Å². The predicted molar refractivity (Wildman–Crippen MR) is 64.1 cm³/mol. The zero-order valence-corrected chi connectivity index (χ0v) is 9.81.